The summed E-state index contributed by atoms with van der Waals surface area (Å²) < 4.78 is 0. The van der Waals surface area contributed by atoms with Crippen molar-refractivity contribution in [3.05, 3.63) is 41.4 Å². The second-order valence-electron chi connectivity index (χ2n) is 5.56. The van der Waals surface area contributed by atoms with E-state index in [0.29, 0.717) is 13.0 Å². The number of aromatic nitrogens is 1. The third-order valence-electron chi connectivity index (χ3n) is 4.07. The van der Waals surface area contributed by atoms with Crippen molar-refractivity contribution in [2.24, 2.45) is 5.73 Å². The number of nitrogens with two attached hydrogens (primary N) is 1. The van der Waals surface area contributed by atoms with Crippen molar-refractivity contribution < 1.29 is 9.90 Å². The highest BCUT2D eigenvalue weighted by atomic mass is 32.1. The van der Waals surface area contributed by atoms with Crippen LogP contribution in [0.3, 0.4) is 0 Å². The van der Waals surface area contributed by atoms with Gasteiger partial charge in [-0.2, -0.15) is 0 Å². The summed E-state index contributed by atoms with van der Waals surface area (Å²) in [6.45, 7) is 0.559. The first-order valence-corrected chi connectivity index (χ1v) is 8.28. The van der Waals surface area contributed by atoms with Crippen LogP contribution in [-0.2, 0) is 6.42 Å². The van der Waals surface area contributed by atoms with Crippen LogP contribution in [0.4, 0.5) is 4.79 Å². The van der Waals surface area contributed by atoms with Gasteiger partial charge >= 0.3 is 6.09 Å². The van der Waals surface area contributed by atoms with Crippen LogP contribution in [-0.4, -0.2) is 39.7 Å². The average molecular weight is 317 g/mol. The van der Waals surface area contributed by atoms with Crippen LogP contribution in [0, 0.1) is 0 Å². The summed E-state index contributed by atoms with van der Waals surface area (Å²) in [5, 5.41) is 12.3. The molecule has 1 aliphatic rings. The molecule has 2 aromatic rings. The SMILES string of the molecule is NC1CCCN(C(=O)O)C1Cc1csc(-c2ccccc2)n1. The van der Waals surface area contributed by atoms with E-state index in [1.165, 1.54) is 4.90 Å². The van der Waals surface area contributed by atoms with E-state index in [0.717, 1.165) is 29.1 Å². The van der Waals surface area contributed by atoms with Crippen LogP contribution in [0.1, 0.15) is 18.5 Å². The number of benzene rings is 1. The number of carboxylic acid groups (broad SMARTS) is 1. The van der Waals surface area contributed by atoms with Crippen LogP contribution in [0.2, 0.25) is 0 Å². The average Bonchev–Trinajstić information content (AvgIpc) is 2.98. The molecular weight excluding hydrogens is 298 g/mol. The lowest BCUT2D eigenvalue weighted by molar-refractivity contribution is 0.0971. The molecule has 1 aromatic carbocycles. The number of amides is 1. The molecule has 0 aliphatic carbocycles. The van der Waals surface area contributed by atoms with Crippen molar-refractivity contribution in [2.45, 2.75) is 31.3 Å². The lowest BCUT2D eigenvalue weighted by Crippen LogP contribution is -2.54. The van der Waals surface area contributed by atoms with Gasteiger partial charge in [0.15, 0.2) is 0 Å². The maximum atomic E-state index is 11.4. The quantitative estimate of drug-likeness (QED) is 0.912. The summed E-state index contributed by atoms with van der Waals surface area (Å²) >= 11 is 1.58. The molecule has 116 valence electrons. The molecule has 3 N–H and O–H groups in total. The van der Waals surface area contributed by atoms with Crippen LogP contribution >= 0.6 is 11.3 Å². The molecule has 3 rings (SSSR count). The van der Waals surface area contributed by atoms with Gasteiger partial charge in [0.1, 0.15) is 5.01 Å². The zero-order chi connectivity index (χ0) is 15.5. The van der Waals surface area contributed by atoms with Crippen molar-refractivity contribution in [1.29, 1.82) is 0 Å². The van der Waals surface area contributed by atoms with Gasteiger partial charge in [-0.3, -0.25) is 0 Å². The number of carbonyl (C=O) groups is 1. The van der Waals surface area contributed by atoms with Crippen molar-refractivity contribution >= 4 is 17.4 Å². The van der Waals surface area contributed by atoms with E-state index < -0.39 is 6.09 Å². The normalized spacial score (nSPS) is 21.8. The Hall–Kier alpha value is -1.92. The first kappa shape index (κ1) is 15.0. The minimum absolute atomic E-state index is 0.119. The van der Waals surface area contributed by atoms with Gasteiger partial charge in [0, 0.05) is 30.0 Å². The maximum Gasteiger partial charge on any atom is 0.407 e. The number of hydrogen-bond acceptors (Lipinski definition) is 4. The molecule has 5 nitrogen and oxygen atoms in total. The predicted octanol–water partition coefficient (Wildman–Crippen LogP) is 2.82. The predicted molar refractivity (Wildman–Crippen MR) is 87.0 cm³/mol. The topological polar surface area (TPSA) is 79.5 Å². The molecule has 2 heterocycles. The molecule has 0 radical (unpaired) electrons. The molecule has 1 aliphatic heterocycles. The minimum atomic E-state index is -0.890. The number of thiazole rings is 1. The zero-order valence-corrected chi connectivity index (χ0v) is 13.0. The Balaban J connectivity index is 1.77. The fourth-order valence-corrected chi connectivity index (χ4v) is 3.75. The molecule has 0 spiro atoms. The highest BCUT2D eigenvalue weighted by Crippen LogP contribution is 2.26. The highest BCUT2D eigenvalue weighted by Gasteiger charge is 2.32. The van der Waals surface area contributed by atoms with E-state index in [-0.39, 0.29) is 12.1 Å². The molecule has 1 aromatic heterocycles. The lowest BCUT2D eigenvalue weighted by Gasteiger charge is -2.37. The van der Waals surface area contributed by atoms with Crippen LogP contribution in [0.25, 0.3) is 10.6 Å². The number of likely N-dealkylation sites (tertiary alicyclic amines) is 1. The zero-order valence-electron chi connectivity index (χ0n) is 12.2. The van der Waals surface area contributed by atoms with Crippen molar-refractivity contribution in [1.82, 2.24) is 9.88 Å². The van der Waals surface area contributed by atoms with Gasteiger partial charge in [0.05, 0.1) is 11.7 Å². The van der Waals surface area contributed by atoms with Gasteiger partial charge in [0.25, 0.3) is 0 Å². The molecule has 22 heavy (non-hydrogen) atoms. The third kappa shape index (κ3) is 3.13. The molecule has 2 atom stereocenters. The molecule has 0 bridgehead atoms. The van der Waals surface area contributed by atoms with Gasteiger partial charge in [-0.25, -0.2) is 9.78 Å². The molecule has 0 saturated carbocycles. The molecule has 6 heteroatoms. The Morgan fingerprint density at radius 2 is 2.18 bits per heavy atom. The summed E-state index contributed by atoms with van der Waals surface area (Å²) in [6.07, 6.45) is 1.38. The van der Waals surface area contributed by atoms with Gasteiger partial charge in [-0.1, -0.05) is 30.3 Å². The first-order chi connectivity index (χ1) is 10.6. The summed E-state index contributed by atoms with van der Waals surface area (Å²) in [7, 11) is 0. The van der Waals surface area contributed by atoms with Crippen molar-refractivity contribution in [3.8, 4) is 10.6 Å². The van der Waals surface area contributed by atoms with Gasteiger partial charge in [-0.05, 0) is 12.8 Å². The monoisotopic (exact) mass is 317 g/mol. The third-order valence-corrected chi connectivity index (χ3v) is 5.01. The number of piperidine rings is 1. The Bertz CT molecular complexity index is 644. The van der Waals surface area contributed by atoms with E-state index in [2.05, 4.69) is 4.98 Å². The number of rotatable bonds is 3. The Morgan fingerprint density at radius 1 is 1.41 bits per heavy atom. The van der Waals surface area contributed by atoms with Gasteiger partial charge < -0.3 is 15.7 Å². The van der Waals surface area contributed by atoms with Crippen LogP contribution in [0.5, 0.6) is 0 Å². The van der Waals surface area contributed by atoms with Crippen LogP contribution < -0.4 is 5.73 Å². The van der Waals surface area contributed by atoms with Crippen LogP contribution in [0.15, 0.2) is 35.7 Å². The molecule has 2 unspecified atom stereocenters. The standard InChI is InChI=1S/C16H19N3O2S/c17-13-7-4-8-19(16(20)21)14(13)9-12-10-22-15(18-12)11-5-2-1-3-6-11/h1-3,5-6,10,13-14H,4,7-9,17H2,(H,20,21). The van der Waals surface area contributed by atoms with Crippen molar-refractivity contribution in [3.63, 3.8) is 0 Å². The lowest BCUT2D eigenvalue weighted by atomic mass is 9.94. The summed E-state index contributed by atoms with van der Waals surface area (Å²) in [5.41, 5.74) is 8.14. The van der Waals surface area contributed by atoms with E-state index in [1.807, 2.05) is 35.7 Å². The molecule has 1 fully saturated rings. The summed E-state index contributed by atoms with van der Waals surface area (Å²) in [6, 6.07) is 9.70. The maximum absolute atomic E-state index is 11.4. The fourth-order valence-electron chi connectivity index (χ4n) is 2.91. The molecule has 1 saturated heterocycles. The highest BCUT2D eigenvalue weighted by molar-refractivity contribution is 7.13. The first-order valence-electron chi connectivity index (χ1n) is 7.40. The second kappa shape index (κ2) is 6.46. The second-order valence-corrected chi connectivity index (χ2v) is 6.42. The molecule has 1 amide bonds. The number of hydrogen-bond donors (Lipinski definition) is 2. The minimum Gasteiger partial charge on any atom is -0.465 e. The van der Waals surface area contributed by atoms with E-state index in [4.69, 9.17) is 5.73 Å². The van der Waals surface area contributed by atoms with E-state index >= 15 is 0 Å². The number of nitrogens with zero attached hydrogens (tertiary/aromatic N) is 2. The van der Waals surface area contributed by atoms with E-state index in [1.54, 1.807) is 11.3 Å². The smallest absolute Gasteiger partial charge is 0.407 e. The molecular formula is C16H19N3O2S. The van der Waals surface area contributed by atoms with Gasteiger partial charge in [0.2, 0.25) is 0 Å². The Morgan fingerprint density at radius 3 is 2.91 bits per heavy atom. The van der Waals surface area contributed by atoms with Gasteiger partial charge in [-0.15, -0.1) is 11.3 Å². The summed E-state index contributed by atoms with van der Waals surface area (Å²) in [5.74, 6) is 0. The van der Waals surface area contributed by atoms with E-state index in [9.17, 15) is 9.90 Å². The Kier molecular flexibility index (Phi) is 4.40. The summed E-state index contributed by atoms with van der Waals surface area (Å²) in [4.78, 5) is 17.5. The van der Waals surface area contributed by atoms with Crippen molar-refractivity contribution in [2.75, 3.05) is 6.54 Å². The largest absolute Gasteiger partial charge is 0.465 e. The fraction of sp³-hybridized carbons (Fsp3) is 0.375. The Labute approximate surface area is 133 Å².